The summed E-state index contributed by atoms with van der Waals surface area (Å²) in [6.45, 7) is 0.434. The van der Waals surface area contributed by atoms with Crippen molar-refractivity contribution in [2.45, 2.75) is 0 Å². The summed E-state index contributed by atoms with van der Waals surface area (Å²) in [5.74, 6) is 0.960. The summed E-state index contributed by atoms with van der Waals surface area (Å²) < 4.78 is 11.0. The standard InChI is InChI=1S/C20H15NO4S/c22-19-18(13-15-7-4-11-24-15)26-20(23)21(19)10-12-25-17-9-3-6-14-5-1-2-8-16(14)17/h1-9,11,13H,10,12H2/b18-13-. The number of fused-ring (bicyclic) bond motifs is 1. The van der Waals surface area contributed by atoms with Gasteiger partial charge in [0.1, 0.15) is 18.1 Å². The average Bonchev–Trinajstić information content (AvgIpc) is 3.25. The maximum atomic E-state index is 12.4. The van der Waals surface area contributed by atoms with Gasteiger partial charge in [-0.05, 0) is 35.3 Å². The summed E-state index contributed by atoms with van der Waals surface area (Å²) >= 11 is 0.912. The number of benzene rings is 2. The van der Waals surface area contributed by atoms with Crippen LogP contribution in [-0.4, -0.2) is 29.2 Å². The molecular weight excluding hydrogens is 350 g/mol. The molecule has 26 heavy (non-hydrogen) atoms. The van der Waals surface area contributed by atoms with Crippen molar-refractivity contribution in [1.82, 2.24) is 4.90 Å². The second kappa shape index (κ2) is 7.09. The minimum atomic E-state index is -0.321. The third-order valence-corrected chi connectivity index (χ3v) is 4.92. The van der Waals surface area contributed by atoms with Gasteiger partial charge >= 0.3 is 0 Å². The fourth-order valence-electron chi connectivity index (χ4n) is 2.76. The molecule has 1 aromatic heterocycles. The molecule has 0 saturated carbocycles. The van der Waals surface area contributed by atoms with Crippen LogP contribution in [-0.2, 0) is 4.79 Å². The van der Waals surface area contributed by atoms with Crippen molar-refractivity contribution in [1.29, 1.82) is 0 Å². The summed E-state index contributed by atoms with van der Waals surface area (Å²) in [6, 6.07) is 17.2. The van der Waals surface area contributed by atoms with Crippen LogP contribution in [0.1, 0.15) is 5.76 Å². The smallest absolute Gasteiger partial charge is 0.293 e. The minimum Gasteiger partial charge on any atom is -0.491 e. The zero-order valence-electron chi connectivity index (χ0n) is 13.8. The highest BCUT2D eigenvalue weighted by Crippen LogP contribution is 2.32. The van der Waals surface area contributed by atoms with Gasteiger partial charge in [-0.15, -0.1) is 0 Å². The van der Waals surface area contributed by atoms with E-state index < -0.39 is 0 Å². The molecule has 0 aliphatic carbocycles. The molecule has 2 amide bonds. The molecule has 3 aromatic rings. The lowest BCUT2D eigenvalue weighted by Gasteiger charge is -2.14. The summed E-state index contributed by atoms with van der Waals surface area (Å²) in [6.07, 6.45) is 3.10. The first-order valence-electron chi connectivity index (χ1n) is 8.12. The lowest BCUT2D eigenvalue weighted by molar-refractivity contribution is -0.123. The van der Waals surface area contributed by atoms with Crippen LogP contribution in [0, 0.1) is 0 Å². The zero-order chi connectivity index (χ0) is 17.9. The number of thioether (sulfide) groups is 1. The molecule has 1 fully saturated rings. The van der Waals surface area contributed by atoms with E-state index >= 15 is 0 Å². The number of furan rings is 1. The van der Waals surface area contributed by atoms with Crippen molar-refractivity contribution < 1.29 is 18.7 Å². The van der Waals surface area contributed by atoms with Crippen molar-refractivity contribution in [2.75, 3.05) is 13.2 Å². The minimum absolute atomic E-state index is 0.198. The molecule has 0 radical (unpaired) electrons. The Hall–Kier alpha value is -2.99. The number of ether oxygens (including phenoxy) is 1. The molecule has 1 saturated heterocycles. The van der Waals surface area contributed by atoms with Gasteiger partial charge in [0.15, 0.2) is 0 Å². The lowest BCUT2D eigenvalue weighted by Crippen LogP contribution is -2.32. The van der Waals surface area contributed by atoms with Crippen LogP contribution >= 0.6 is 11.8 Å². The van der Waals surface area contributed by atoms with Gasteiger partial charge in [-0.1, -0.05) is 36.4 Å². The van der Waals surface area contributed by atoms with Crippen molar-refractivity contribution in [3.8, 4) is 5.75 Å². The fourth-order valence-corrected chi connectivity index (χ4v) is 3.61. The number of imide groups is 1. The molecule has 1 aliphatic heterocycles. The lowest BCUT2D eigenvalue weighted by atomic mass is 10.1. The Labute approximate surface area is 154 Å². The number of carbonyl (C=O) groups is 2. The first-order chi connectivity index (χ1) is 12.7. The van der Waals surface area contributed by atoms with Crippen molar-refractivity contribution in [3.63, 3.8) is 0 Å². The quantitative estimate of drug-likeness (QED) is 0.621. The SMILES string of the molecule is O=C1S/C(=C\c2ccco2)C(=O)N1CCOc1cccc2ccccc12. The Bertz CT molecular complexity index is 989. The third-order valence-electron chi connectivity index (χ3n) is 4.01. The summed E-state index contributed by atoms with van der Waals surface area (Å²) in [7, 11) is 0. The molecule has 130 valence electrons. The molecule has 0 atom stereocenters. The van der Waals surface area contributed by atoms with E-state index in [1.165, 1.54) is 11.2 Å². The van der Waals surface area contributed by atoms with Gasteiger partial charge in [0.05, 0.1) is 17.7 Å². The normalized spacial score (nSPS) is 16.0. The molecule has 2 heterocycles. The molecule has 0 N–H and O–H groups in total. The van der Waals surface area contributed by atoms with E-state index in [2.05, 4.69) is 0 Å². The maximum absolute atomic E-state index is 12.4. The van der Waals surface area contributed by atoms with Gasteiger partial charge in [0.2, 0.25) is 0 Å². The van der Waals surface area contributed by atoms with E-state index in [0.717, 1.165) is 28.3 Å². The van der Waals surface area contributed by atoms with Gasteiger partial charge in [-0.2, -0.15) is 0 Å². The Morgan fingerprint density at radius 2 is 1.88 bits per heavy atom. The average molecular weight is 365 g/mol. The fraction of sp³-hybridized carbons (Fsp3) is 0.100. The molecule has 0 unspecified atom stereocenters. The van der Waals surface area contributed by atoms with E-state index in [-0.39, 0.29) is 24.3 Å². The van der Waals surface area contributed by atoms with E-state index in [9.17, 15) is 9.59 Å². The Morgan fingerprint density at radius 3 is 2.73 bits per heavy atom. The van der Waals surface area contributed by atoms with Crippen molar-refractivity contribution in [3.05, 3.63) is 71.5 Å². The number of hydrogen-bond donors (Lipinski definition) is 0. The van der Waals surface area contributed by atoms with Crippen LogP contribution in [0.15, 0.2) is 70.2 Å². The predicted molar refractivity (Wildman–Crippen MR) is 101 cm³/mol. The Balaban J connectivity index is 1.43. The van der Waals surface area contributed by atoms with E-state index in [1.54, 1.807) is 18.2 Å². The van der Waals surface area contributed by atoms with Gasteiger partial charge in [-0.3, -0.25) is 14.5 Å². The monoisotopic (exact) mass is 365 g/mol. The second-order valence-electron chi connectivity index (χ2n) is 5.67. The molecule has 0 spiro atoms. The maximum Gasteiger partial charge on any atom is 0.293 e. The van der Waals surface area contributed by atoms with E-state index in [1.807, 2.05) is 42.5 Å². The van der Waals surface area contributed by atoms with Crippen LogP contribution in [0.3, 0.4) is 0 Å². The summed E-state index contributed by atoms with van der Waals surface area (Å²) in [5.41, 5.74) is 0. The molecule has 0 bridgehead atoms. The van der Waals surface area contributed by atoms with Crippen LogP contribution in [0.4, 0.5) is 4.79 Å². The highest BCUT2D eigenvalue weighted by Gasteiger charge is 2.35. The van der Waals surface area contributed by atoms with Gasteiger partial charge < -0.3 is 9.15 Å². The van der Waals surface area contributed by atoms with Gasteiger partial charge in [-0.25, -0.2) is 0 Å². The van der Waals surface area contributed by atoms with Gasteiger partial charge in [0, 0.05) is 11.5 Å². The largest absolute Gasteiger partial charge is 0.491 e. The van der Waals surface area contributed by atoms with Crippen LogP contribution in [0.25, 0.3) is 16.8 Å². The number of nitrogens with zero attached hydrogens (tertiary/aromatic N) is 1. The van der Waals surface area contributed by atoms with Gasteiger partial charge in [0.25, 0.3) is 11.1 Å². The summed E-state index contributed by atoms with van der Waals surface area (Å²) in [4.78, 5) is 26.1. The van der Waals surface area contributed by atoms with E-state index in [4.69, 9.17) is 9.15 Å². The number of amides is 2. The first-order valence-corrected chi connectivity index (χ1v) is 8.93. The van der Waals surface area contributed by atoms with Crippen LogP contribution in [0.2, 0.25) is 0 Å². The van der Waals surface area contributed by atoms with Crippen molar-refractivity contribution in [2.24, 2.45) is 0 Å². The van der Waals surface area contributed by atoms with Crippen LogP contribution < -0.4 is 4.74 Å². The second-order valence-corrected chi connectivity index (χ2v) is 6.67. The molecule has 4 rings (SSSR count). The van der Waals surface area contributed by atoms with Crippen molar-refractivity contribution >= 4 is 39.8 Å². The first kappa shape index (κ1) is 16.5. The number of hydrogen-bond acceptors (Lipinski definition) is 5. The number of rotatable bonds is 5. The Kier molecular flexibility index (Phi) is 4.50. The highest BCUT2D eigenvalue weighted by molar-refractivity contribution is 8.18. The molecule has 6 heteroatoms. The van der Waals surface area contributed by atoms with E-state index in [0.29, 0.717) is 10.7 Å². The number of carbonyl (C=O) groups excluding carboxylic acids is 2. The third kappa shape index (κ3) is 3.23. The molecule has 5 nitrogen and oxygen atoms in total. The highest BCUT2D eigenvalue weighted by atomic mass is 32.2. The summed E-state index contributed by atoms with van der Waals surface area (Å²) in [5, 5.41) is 1.79. The molecule has 1 aliphatic rings. The molecule has 2 aromatic carbocycles. The van der Waals surface area contributed by atoms with Crippen LogP contribution in [0.5, 0.6) is 5.75 Å². The topological polar surface area (TPSA) is 59.8 Å². The Morgan fingerprint density at radius 1 is 1.04 bits per heavy atom. The predicted octanol–water partition coefficient (Wildman–Crippen LogP) is 4.55. The molecular formula is C20H15NO4S. The zero-order valence-corrected chi connectivity index (χ0v) is 14.6.